The molecule has 0 aliphatic carbocycles. The second-order valence-corrected chi connectivity index (χ2v) is 1.89. The van der Waals surface area contributed by atoms with Crippen LogP contribution in [0.5, 0.6) is 0 Å². The first kappa shape index (κ1) is 7.37. The number of rotatable bonds is 2. The lowest BCUT2D eigenvalue weighted by Crippen LogP contribution is -2.37. The first-order valence-electron chi connectivity index (χ1n) is 2.85. The summed E-state index contributed by atoms with van der Waals surface area (Å²) < 4.78 is 9.64. The molecule has 0 aromatic carbocycles. The van der Waals surface area contributed by atoms with Crippen LogP contribution in [0.4, 0.5) is 0 Å². The van der Waals surface area contributed by atoms with Crippen LogP contribution in [0.1, 0.15) is 0 Å². The molecule has 0 aromatic rings. The molecule has 1 rings (SSSR count). The van der Waals surface area contributed by atoms with E-state index >= 15 is 0 Å². The van der Waals surface area contributed by atoms with Crippen LogP contribution in [0.3, 0.4) is 0 Å². The smallest absolute Gasteiger partial charge is 0.232 e. The Kier molecular flexibility index (Phi) is 2.53. The van der Waals surface area contributed by atoms with Crippen molar-refractivity contribution in [2.75, 3.05) is 13.2 Å². The van der Waals surface area contributed by atoms with Gasteiger partial charge in [-0.3, -0.25) is 9.59 Å². The van der Waals surface area contributed by atoms with Crippen LogP contribution in [0.15, 0.2) is 0 Å². The second-order valence-electron chi connectivity index (χ2n) is 1.89. The largest absolute Gasteiger partial charge is 0.375 e. The van der Waals surface area contributed by atoms with Crippen molar-refractivity contribution < 1.29 is 19.1 Å². The third-order valence-corrected chi connectivity index (χ3v) is 1.13. The van der Waals surface area contributed by atoms with E-state index in [1.54, 1.807) is 12.6 Å². The summed E-state index contributed by atoms with van der Waals surface area (Å²) in [5.41, 5.74) is 0. The maximum atomic E-state index is 9.96. The molecular formula is C6H6O4. The topological polar surface area (TPSA) is 52.6 Å². The zero-order chi connectivity index (χ0) is 7.40. The Morgan fingerprint density at radius 1 is 1.10 bits per heavy atom. The molecule has 2 radical (unpaired) electrons. The molecule has 54 valence electrons. The summed E-state index contributed by atoms with van der Waals surface area (Å²) in [7, 11) is 0. The Morgan fingerprint density at radius 3 is 2.00 bits per heavy atom. The highest BCUT2D eigenvalue weighted by atomic mass is 16.6. The van der Waals surface area contributed by atoms with Crippen LogP contribution >= 0.6 is 0 Å². The van der Waals surface area contributed by atoms with Crippen LogP contribution in [-0.4, -0.2) is 38.0 Å². The van der Waals surface area contributed by atoms with Gasteiger partial charge in [0, 0.05) is 0 Å². The lowest BCUT2D eigenvalue weighted by Gasteiger charge is -2.21. The van der Waals surface area contributed by atoms with Crippen molar-refractivity contribution in [2.24, 2.45) is 0 Å². The van der Waals surface area contributed by atoms with E-state index in [2.05, 4.69) is 0 Å². The van der Waals surface area contributed by atoms with Crippen molar-refractivity contribution in [3.8, 4) is 0 Å². The number of ether oxygens (including phenoxy) is 2. The molecule has 1 fully saturated rings. The summed E-state index contributed by atoms with van der Waals surface area (Å²) in [6.07, 6.45) is 1.74. The molecule has 0 saturated carbocycles. The van der Waals surface area contributed by atoms with Gasteiger partial charge in [0.25, 0.3) is 0 Å². The van der Waals surface area contributed by atoms with E-state index in [4.69, 9.17) is 9.47 Å². The van der Waals surface area contributed by atoms with Crippen molar-refractivity contribution in [2.45, 2.75) is 12.2 Å². The van der Waals surface area contributed by atoms with E-state index in [1.807, 2.05) is 0 Å². The number of hydrogen-bond acceptors (Lipinski definition) is 4. The zero-order valence-electron chi connectivity index (χ0n) is 5.20. The van der Waals surface area contributed by atoms with E-state index in [1.165, 1.54) is 0 Å². The van der Waals surface area contributed by atoms with Gasteiger partial charge in [-0.05, 0) is 0 Å². The maximum absolute atomic E-state index is 9.96. The van der Waals surface area contributed by atoms with Gasteiger partial charge in [0.15, 0.2) is 0 Å². The highest BCUT2D eigenvalue weighted by molar-refractivity contribution is 5.61. The Hall–Kier alpha value is -0.740. The van der Waals surface area contributed by atoms with Crippen molar-refractivity contribution in [3.05, 3.63) is 0 Å². The molecular weight excluding hydrogens is 136 g/mol. The average Bonchev–Trinajstić information content (AvgIpc) is 2.05. The highest BCUT2D eigenvalue weighted by Gasteiger charge is 2.22. The monoisotopic (exact) mass is 142 g/mol. The van der Waals surface area contributed by atoms with Crippen LogP contribution in [-0.2, 0) is 19.1 Å². The van der Waals surface area contributed by atoms with Gasteiger partial charge in [0.1, 0.15) is 12.2 Å². The zero-order valence-corrected chi connectivity index (χ0v) is 5.20. The molecule has 1 heterocycles. The molecule has 10 heavy (non-hydrogen) atoms. The van der Waals surface area contributed by atoms with Gasteiger partial charge < -0.3 is 9.47 Å². The van der Waals surface area contributed by atoms with Crippen molar-refractivity contribution in [1.29, 1.82) is 0 Å². The predicted molar refractivity (Wildman–Crippen MR) is 30.9 cm³/mol. The molecule has 0 aromatic heterocycles. The van der Waals surface area contributed by atoms with Gasteiger partial charge in [0.05, 0.1) is 13.2 Å². The molecule has 2 unspecified atom stereocenters. The number of hydrogen-bond donors (Lipinski definition) is 0. The Labute approximate surface area is 58.1 Å². The fourth-order valence-electron chi connectivity index (χ4n) is 0.683. The molecule has 0 bridgehead atoms. The molecule has 1 saturated heterocycles. The van der Waals surface area contributed by atoms with E-state index < -0.39 is 12.2 Å². The summed E-state index contributed by atoms with van der Waals surface area (Å²) in [4.78, 5) is 19.9. The van der Waals surface area contributed by atoms with Gasteiger partial charge in [-0.1, -0.05) is 0 Å². The number of carbonyl (C=O) groups excluding carboxylic acids is 2. The molecule has 4 nitrogen and oxygen atoms in total. The lowest BCUT2D eigenvalue weighted by atomic mass is 10.3. The van der Waals surface area contributed by atoms with Crippen molar-refractivity contribution in [3.63, 3.8) is 0 Å². The van der Waals surface area contributed by atoms with Crippen LogP contribution in [0, 0.1) is 0 Å². The summed E-state index contributed by atoms with van der Waals surface area (Å²) in [5.74, 6) is 0. The van der Waals surface area contributed by atoms with Crippen LogP contribution in [0.2, 0.25) is 0 Å². The molecule has 1 aliphatic rings. The Balaban J connectivity index is 2.38. The third-order valence-electron chi connectivity index (χ3n) is 1.13. The van der Waals surface area contributed by atoms with E-state index in [9.17, 15) is 9.59 Å². The van der Waals surface area contributed by atoms with Crippen LogP contribution in [0.25, 0.3) is 0 Å². The van der Waals surface area contributed by atoms with Crippen LogP contribution < -0.4 is 0 Å². The minimum absolute atomic E-state index is 0.182. The quantitative estimate of drug-likeness (QED) is 0.495. The van der Waals surface area contributed by atoms with E-state index in [-0.39, 0.29) is 13.2 Å². The molecule has 0 spiro atoms. The molecule has 0 amide bonds. The van der Waals surface area contributed by atoms with Gasteiger partial charge in [-0.25, -0.2) is 0 Å². The Morgan fingerprint density at radius 2 is 1.60 bits per heavy atom. The summed E-state index contributed by atoms with van der Waals surface area (Å²) in [5, 5.41) is 0. The minimum atomic E-state index is -0.722. The molecule has 2 atom stereocenters. The first-order valence-corrected chi connectivity index (χ1v) is 2.85. The van der Waals surface area contributed by atoms with Gasteiger partial charge in [-0.15, -0.1) is 0 Å². The molecule has 4 heteroatoms. The van der Waals surface area contributed by atoms with E-state index in [0.29, 0.717) is 0 Å². The predicted octanol–water partition coefficient (Wildman–Crippen LogP) is -1.01. The standard InChI is InChI=1S/C6H6O4/c7-1-5-3-9-4-6(2-8)10-5/h5-6H,3-4H2. The van der Waals surface area contributed by atoms with Crippen molar-refractivity contribution >= 4 is 12.6 Å². The summed E-state index contributed by atoms with van der Waals surface area (Å²) in [6.45, 7) is 0.364. The highest BCUT2D eigenvalue weighted by Crippen LogP contribution is 2.03. The third kappa shape index (κ3) is 1.62. The van der Waals surface area contributed by atoms with Gasteiger partial charge in [-0.2, -0.15) is 0 Å². The average molecular weight is 142 g/mol. The fraction of sp³-hybridized carbons (Fsp3) is 0.667. The van der Waals surface area contributed by atoms with E-state index in [0.717, 1.165) is 0 Å². The first-order chi connectivity index (χ1) is 4.86. The normalized spacial score (nSPS) is 33.2. The van der Waals surface area contributed by atoms with Gasteiger partial charge >= 0.3 is 0 Å². The Bertz CT molecular complexity index is 120. The van der Waals surface area contributed by atoms with Gasteiger partial charge in [0.2, 0.25) is 12.6 Å². The lowest BCUT2D eigenvalue weighted by molar-refractivity contribution is -0.0851. The summed E-state index contributed by atoms with van der Waals surface area (Å²) >= 11 is 0. The molecule has 1 aliphatic heterocycles. The fourth-order valence-corrected chi connectivity index (χ4v) is 0.683. The molecule has 0 N–H and O–H groups in total. The minimum Gasteiger partial charge on any atom is -0.375 e. The summed E-state index contributed by atoms with van der Waals surface area (Å²) in [6, 6.07) is 0. The SMILES string of the molecule is O=[C]C1COCC([C]=O)O1. The maximum Gasteiger partial charge on any atom is 0.232 e. The second kappa shape index (κ2) is 3.43. The van der Waals surface area contributed by atoms with Crippen molar-refractivity contribution in [1.82, 2.24) is 0 Å².